The Morgan fingerprint density at radius 2 is 2.23 bits per heavy atom. The van der Waals surface area contributed by atoms with E-state index in [0.717, 1.165) is 57.6 Å². The third-order valence-electron chi connectivity index (χ3n) is 5.03. The van der Waals surface area contributed by atoms with Crippen molar-refractivity contribution < 1.29 is 18.9 Å². The van der Waals surface area contributed by atoms with Crippen molar-refractivity contribution in [1.82, 2.24) is 4.90 Å². The van der Waals surface area contributed by atoms with Gasteiger partial charge in [0.15, 0.2) is 11.5 Å². The van der Waals surface area contributed by atoms with Crippen LogP contribution in [-0.2, 0) is 16.0 Å². The van der Waals surface area contributed by atoms with E-state index in [0.29, 0.717) is 12.7 Å². The molecule has 22 heavy (non-hydrogen) atoms. The molecule has 0 aliphatic carbocycles. The molecule has 0 spiro atoms. The first-order valence-corrected chi connectivity index (χ1v) is 8.05. The van der Waals surface area contributed by atoms with Crippen LogP contribution in [0.15, 0.2) is 18.2 Å². The predicted octanol–water partition coefficient (Wildman–Crippen LogP) is 1.90. The van der Waals surface area contributed by atoms with Gasteiger partial charge in [0, 0.05) is 37.6 Å². The number of benzene rings is 1. The summed E-state index contributed by atoms with van der Waals surface area (Å²) in [6.45, 7) is 8.75. The van der Waals surface area contributed by atoms with E-state index < -0.39 is 0 Å². The van der Waals surface area contributed by atoms with E-state index in [1.807, 2.05) is 6.07 Å². The Labute approximate surface area is 131 Å². The fraction of sp³-hybridized carbons (Fsp3) is 0.647. The molecule has 0 amide bonds. The molecule has 0 N–H and O–H groups in total. The van der Waals surface area contributed by atoms with Crippen LogP contribution in [0.3, 0.4) is 0 Å². The third-order valence-corrected chi connectivity index (χ3v) is 5.03. The molecule has 2 saturated heterocycles. The van der Waals surface area contributed by atoms with E-state index >= 15 is 0 Å². The van der Waals surface area contributed by atoms with Gasteiger partial charge in [-0.25, -0.2) is 0 Å². The second-order valence-corrected chi connectivity index (χ2v) is 6.57. The van der Waals surface area contributed by atoms with E-state index in [1.54, 1.807) is 0 Å². The monoisotopic (exact) mass is 305 g/mol. The Bertz CT molecular complexity index is 549. The smallest absolute Gasteiger partial charge is 0.231 e. The molecule has 5 nitrogen and oxygen atoms in total. The van der Waals surface area contributed by atoms with Crippen LogP contribution < -0.4 is 9.47 Å². The van der Waals surface area contributed by atoms with Crippen molar-refractivity contribution in [3.63, 3.8) is 0 Å². The highest BCUT2D eigenvalue weighted by atomic mass is 16.7. The Morgan fingerprint density at radius 3 is 3.14 bits per heavy atom. The molecule has 120 valence electrons. The largest absolute Gasteiger partial charge is 0.454 e. The Hall–Kier alpha value is -1.30. The molecule has 2 fully saturated rings. The second kappa shape index (κ2) is 5.72. The van der Waals surface area contributed by atoms with Crippen LogP contribution in [0.4, 0.5) is 0 Å². The van der Waals surface area contributed by atoms with Crippen LogP contribution in [0.2, 0.25) is 0 Å². The molecule has 3 heterocycles. The van der Waals surface area contributed by atoms with Crippen molar-refractivity contribution in [3.8, 4) is 11.5 Å². The summed E-state index contributed by atoms with van der Waals surface area (Å²) in [6.07, 6.45) is 0. The van der Waals surface area contributed by atoms with E-state index in [1.165, 1.54) is 5.56 Å². The van der Waals surface area contributed by atoms with Gasteiger partial charge in [0.1, 0.15) is 0 Å². The first-order valence-electron chi connectivity index (χ1n) is 8.05. The van der Waals surface area contributed by atoms with Crippen molar-refractivity contribution in [1.29, 1.82) is 0 Å². The van der Waals surface area contributed by atoms with Gasteiger partial charge in [-0.3, -0.25) is 4.90 Å². The molecule has 0 saturated carbocycles. The topological polar surface area (TPSA) is 40.2 Å². The molecule has 0 aromatic heterocycles. The van der Waals surface area contributed by atoms with Gasteiger partial charge in [-0.15, -0.1) is 0 Å². The predicted molar refractivity (Wildman–Crippen MR) is 81.1 cm³/mol. The van der Waals surface area contributed by atoms with Crippen molar-refractivity contribution >= 4 is 0 Å². The van der Waals surface area contributed by atoms with Crippen LogP contribution in [0, 0.1) is 11.3 Å². The highest BCUT2D eigenvalue weighted by molar-refractivity contribution is 5.44. The fourth-order valence-electron chi connectivity index (χ4n) is 3.87. The molecule has 2 atom stereocenters. The number of hydrogen-bond donors (Lipinski definition) is 0. The average molecular weight is 305 g/mol. The summed E-state index contributed by atoms with van der Waals surface area (Å²) >= 11 is 0. The number of hydrogen-bond acceptors (Lipinski definition) is 5. The Balaban J connectivity index is 1.44. The van der Waals surface area contributed by atoms with Gasteiger partial charge in [0.2, 0.25) is 6.79 Å². The summed E-state index contributed by atoms with van der Waals surface area (Å²) in [5.74, 6) is 2.31. The number of likely N-dealkylation sites (tertiary alicyclic amines) is 1. The van der Waals surface area contributed by atoms with Gasteiger partial charge in [-0.2, -0.15) is 0 Å². The highest BCUT2D eigenvalue weighted by Gasteiger charge is 2.50. The lowest BCUT2D eigenvalue weighted by molar-refractivity contribution is 0.0323. The van der Waals surface area contributed by atoms with Crippen LogP contribution in [0.5, 0.6) is 11.5 Å². The molecule has 1 aromatic rings. The molecule has 0 unspecified atom stereocenters. The fourth-order valence-corrected chi connectivity index (χ4v) is 3.87. The normalized spacial score (nSPS) is 30.0. The minimum absolute atomic E-state index is 0.187. The molecule has 0 bridgehead atoms. The van der Waals surface area contributed by atoms with Crippen LogP contribution in [0.1, 0.15) is 12.5 Å². The van der Waals surface area contributed by atoms with Crippen molar-refractivity contribution in [2.24, 2.45) is 11.3 Å². The second-order valence-electron chi connectivity index (χ2n) is 6.57. The Morgan fingerprint density at radius 1 is 1.32 bits per heavy atom. The van der Waals surface area contributed by atoms with Crippen LogP contribution in [-0.4, -0.2) is 51.2 Å². The summed E-state index contributed by atoms with van der Waals surface area (Å²) < 4.78 is 22.3. The van der Waals surface area contributed by atoms with Crippen molar-refractivity contribution in [3.05, 3.63) is 23.8 Å². The summed E-state index contributed by atoms with van der Waals surface area (Å²) in [5.41, 5.74) is 1.46. The molecule has 4 rings (SSSR count). The first kappa shape index (κ1) is 14.3. The summed E-state index contributed by atoms with van der Waals surface area (Å²) in [5, 5.41) is 0. The van der Waals surface area contributed by atoms with Crippen LogP contribution in [0.25, 0.3) is 0 Å². The highest BCUT2D eigenvalue weighted by Crippen LogP contribution is 2.42. The maximum absolute atomic E-state index is 5.74. The van der Waals surface area contributed by atoms with Gasteiger partial charge in [0.25, 0.3) is 0 Å². The van der Waals surface area contributed by atoms with Gasteiger partial charge >= 0.3 is 0 Å². The van der Waals surface area contributed by atoms with E-state index in [4.69, 9.17) is 18.9 Å². The maximum Gasteiger partial charge on any atom is 0.231 e. The van der Waals surface area contributed by atoms with Crippen molar-refractivity contribution in [2.45, 2.75) is 13.5 Å². The van der Waals surface area contributed by atoms with Crippen molar-refractivity contribution in [2.75, 3.05) is 46.3 Å². The number of rotatable bonds is 5. The third kappa shape index (κ3) is 2.47. The molecule has 5 heteroatoms. The maximum atomic E-state index is 5.74. The zero-order valence-corrected chi connectivity index (χ0v) is 13.0. The molecule has 3 aliphatic rings. The summed E-state index contributed by atoms with van der Waals surface area (Å²) in [7, 11) is 0. The lowest BCUT2D eigenvalue weighted by atomic mass is 9.82. The SMILES string of the molecule is CCOC[C@]12COC[C@H]1CN(Cc1ccc3c(c1)OCO3)C2. The zero-order valence-electron chi connectivity index (χ0n) is 13.0. The van der Waals surface area contributed by atoms with E-state index in [2.05, 4.69) is 24.0 Å². The summed E-state index contributed by atoms with van der Waals surface area (Å²) in [4.78, 5) is 2.52. The van der Waals surface area contributed by atoms with Gasteiger partial charge in [-0.1, -0.05) is 6.07 Å². The quantitative estimate of drug-likeness (QED) is 0.831. The van der Waals surface area contributed by atoms with E-state index in [-0.39, 0.29) is 5.41 Å². The van der Waals surface area contributed by atoms with E-state index in [9.17, 15) is 0 Å². The Kier molecular flexibility index (Phi) is 3.72. The minimum atomic E-state index is 0.187. The first-order chi connectivity index (χ1) is 10.8. The van der Waals surface area contributed by atoms with Crippen LogP contribution >= 0.6 is 0 Å². The summed E-state index contributed by atoms with van der Waals surface area (Å²) in [6, 6.07) is 6.24. The molecule has 0 radical (unpaired) electrons. The molecular formula is C17H23NO4. The lowest BCUT2D eigenvalue weighted by Gasteiger charge is -2.26. The lowest BCUT2D eigenvalue weighted by Crippen LogP contribution is -2.35. The molecule has 1 aromatic carbocycles. The standard InChI is InChI=1S/C17H23NO4/c1-2-19-10-17-9-18(7-14(17)8-20-11-17)6-13-3-4-15-16(5-13)22-12-21-15/h3-5,14H,2,6-12H2,1H3/t14-,17-/m1/s1. The minimum Gasteiger partial charge on any atom is -0.454 e. The average Bonchev–Trinajstić information content (AvgIpc) is 3.18. The number of fused-ring (bicyclic) bond motifs is 2. The zero-order chi connectivity index (χ0) is 15.0. The number of nitrogens with zero attached hydrogens (tertiary/aromatic N) is 1. The van der Waals surface area contributed by atoms with Gasteiger partial charge in [0.05, 0.1) is 19.8 Å². The van der Waals surface area contributed by atoms with Gasteiger partial charge in [-0.05, 0) is 24.6 Å². The molecular weight excluding hydrogens is 282 g/mol. The number of ether oxygens (including phenoxy) is 4. The molecule has 3 aliphatic heterocycles. The van der Waals surface area contributed by atoms with Gasteiger partial charge < -0.3 is 18.9 Å².